The van der Waals surface area contributed by atoms with Crippen LogP contribution in [0.5, 0.6) is 0 Å². The van der Waals surface area contributed by atoms with Crippen molar-refractivity contribution in [2.45, 2.75) is 50.5 Å². The maximum atomic E-state index is 4.88. The SMILES string of the molecule is CNCc1nc(C23CC4CC(CC(C4)C2)C3)n(C)n1. The van der Waals surface area contributed by atoms with E-state index in [1.807, 2.05) is 7.05 Å². The Bertz CT molecular complexity index is 455. The minimum atomic E-state index is 0.364. The first-order valence-electron chi connectivity index (χ1n) is 7.73. The van der Waals surface area contributed by atoms with Crippen LogP contribution in [0.1, 0.15) is 50.2 Å². The van der Waals surface area contributed by atoms with Crippen LogP contribution in [0.4, 0.5) is 0 Å². The molecule has 4 aliphatic carbocycles. The van der Waals surface area contributed by atoms with E-state index in [2.05, 4.69) is 22.1 Å². The average molecular weight is 260 g/mol. The minimum Gasteiger partial charge on any atom is -0.313 e. The van der Waals surface area contributed by atoms with Gasteiger partial charge in [-0.2, -0.15) is 5.10 Å². The van der Waals surface area contributed by atoms with Crippen LogP contribution in [0.2, 0.25) is 0 Å². The zero-order valence-corrected chi connectivity index (χ0v) is 12.0. The summed E-state index contributed by atoms with van der Waals surface area (Å²) in [5.41, 5.74) is 0.364. The van der Waals surface area contributed by atoms with Crippen LogP contribution >= 0.6 is 0 Å². The average Bonchev–Trinajstić information content (AvgIpc) is 2.70. The van der Waals surface area contributed by atoms with E-state index in [0.29, 0.717) is 5.41 Å². The molecule has 1 N–H and O–H groups in total. The molecule has 0 aliphatic heterocycles. The highest BCUT2D eigenvalue weighted by Gasteiger charge is 2.53. The van der Waals surface area contributed by atoms with E-state index < -0.39 is 0 Å². The van der Waals surface area contributed by atoms with Crippen molar-refractivity contribution in [1.82, 2.24) is 20.1 Å². The Morgan fingerprint density at radius 3 is 2.26 bits per heavy atom. The Morgan fingerprint density at radius 2 is 1.74 bits per heavy atom. The maximum absolute atomic E-state index is 4.88. The summed E-state index contributed by atoms with van der Waals surface area (Å²) in [6.07, 6.45) is 8.56. The van der Waals surface area contributed by atoms with E-state index >= 15 is 0 Å². The predicted octanol–water partition coefficient (Wildman–Crippen LogP) is 2.00. The number of aromatic nitrogens is 3. The van der Waals surface area contributed by atoms with Gasteiger partial charge in [0.25, 0.3) is 0 Å². The Morgan fingerprint density at radius 1 is 1.16 bits per heavy atom. The van der Waals surface area contributed by atoms with Gasteiger partial charge in [-0.15, -0.1) is 0 Å². The second kappa shape index (κ2) is 4.05. The third kappa shape index (κ3) is 1.76. The molecule has 1 heterocycles. The molecule has 4 fully saturated rings. The van der Waals surface area contributed by atoms with Gasteiger partial charge < -0.3 is 5.32 Å². The van der Waals surface area contributed by atoms with Gasteiger partial charge in [-0.05, 0) is 63.3 Å². The number of hydrogen-bond donors (Lipinski definition) is 1. The second-order valence-electron chi connectivity index (χ2n) is 7.20. The lowest BCUT2D eigenvalue weighted by atomic mass is 9.49. The smallest absolute Gasteiger partial charge is 0.164 e. The van der Waals surface area contributed by atoms with Gasteiger partial charge in [0.1, 0.15) is 5.82 Å². The van der Waals surface area contributed by atoms with Gasteiger partial charge in [0.2, 0.25) is 0 Å². The minimum absolute atomic E-state index is 0.364. The standard InChI is InChI=1S/C15H24N4/c1-16-9-13-17-14(19(2)18-13)15-6-10-3-11(7-15)5-12(4-10)8-15/h10-12,16H,3-9H2,1-2H3. The molecule has 1 aromatic rings. The quantitative estimate of drug-likeness (QED) is 0.904. The zero-order valence-electron chi connectivity index (χ0n) is 12.0. The summed E-state index contributed by atoms with van der Waals surface area (Å²) < 4.78 is 2.07. The van der Waals surface area contributed by atoms with Gasteiger partial charge in [-0.3, -0.25) is 4.68 Å². The Balaban J connectivity index is 1.71. The van der Waals surface area contributed by atoms with Gasteiger partial charge in [0.05, 0.1) is 6.54 Å². The third-order valence-corrected chi connectivity index (χ3v) is 5.65. The summed E-state index contributed by atoms with van der Waals surface area (Å²) in [6.45, 7) is 0.778. The Labute approximate surface area is 115 Å². The molecule has 19 heavy (non-hydrogen) atoms. The monoisotopic (exact) mass is 260 g/mol. The zero-order chi connectivity index (χ0) is 13.0. The molecule has 0 amide bonds. The summed E-state index contributed by atoms with van der Waals surface area (Å²) in [7, 11) is 4.04. The first-order chi connectivity index (χ1) is 9.18. The van der Waals surface area contributed by atoms with Crippen molar-refractivity contribution in [2.24, 2.45) is 24.8 Å². The van der Waals surface area contributed by atoms with Crippen molar-refractivity contribution < 1.29 is 0 Å². The molecule has 4 bridgehead atoms. The number of rotatable bonds is 3. The van der Waals surface area contributed by atoms with E-state index in [0.717, 1.165) is 30.1 Å². The van der Waals surface area contributed by atoms with Crippen molar-refractivity contribution in [3.8, 4) is 0 Å². The van der Waals surface area contributed by atoms with Crippen molar-refractivity contribution in [1.29, 1.82) is 0 Å². The van der Waals surface area contributed by atoms with Crippen LogP contribution in [0.25, 0.3) is 0 Å². The fraction of sp³-hybridized carbons (Fsp3) is 0.867. The largest absolute Gasteiger partial charge is 0.313 e. The molecule has 0 aromatic carbocycles. The molecule has 0 saturated heterocycles. The number of nitrogens with one attached hydrogen (secondary N) is 1. The fourth-order valence-corrected chi connectivity index (χ4v) is 5.52. The van der Waals surface area contributed by atoms with Crippen molar-refractivity contribution in [3.63, 3.8) is 0 Å². The highest BCUT2D eigenvalue weighted by Crippen LogP contribution is 2.60. The van der Waals surface area contributed by atoms with Crippen LogP contribution in [-0.4, -0.2) is 21.8 Å². The van der Waals surface area contributed by atoms with E-state index in [4.69, 9.17) is 4.98 Å². The van der Waals surface area contributed by atoms with Crippen LogP contribution in [-0.2, 0) is 19.0 Å². The first kappa shape index (κ1) is 11.9. The van der Waals surface area contributed by atoms with E-state index in [9.17, 15) is 0 Å². The normalized spacial score (nSPS) is 40.0. The molecule has 4 heteroatoms. The second-order valence-corrected chi connectivity index (χ2v) is 7.20. The molecular formula is C15H24N4. The van der Waals surface area contributed by atoms with E-state index in [-0.39, 0.29) is 0 Å². The molecule has 4 aliphatic rings. The molecule has 0 unspecified atom stereocenters. The molecule has 5 rings (SSSR count). The molecule has 4 saturated carbocycles. The molecule has 0 radical (unpaired) electrons. The Hall–Kier alpha value is -0.900. The summed E-state index contributed by atoms with van der Waals surface area (Å²) >= 11 is 0. The lowest BCUT2D eigenvalue weighted by Gasteiger charge is -2.56. The number of aryl methyl sites for hydroxylation is 1. The van der Waals surface area contributed by atoms with Gasteiger partial charge in [0, 0.05) is 12.5 Å². The highest BCUT2D eigenvalue weighted by atomic mass is 15.3. The van der Waals surface area contributed by atoms with E-state index in [1.54, 1.807) is 0 Å². The van der Waals surface area contributed by atoms with Crippen LogP contribution in [0.15, 0.2) is 0 Å². The van der Waals surface area contributed by atoms with Crippen molar-refractivity contribution >= 4 is 0 Å². The molecule has 4 nitrogen and oxygen atoms in total. The Kier molecular flexibility index (Phi) is 2.53. The topological polar surface area (TPSA) is 42.7 Å². The lowest BCUT2D eigenvalue weighted by molar-refractivity contribution is -0.0110. The molecule has 0 atom stereocenters. The van der Waals surface area contributed by atoms with Gasteiger partial charge >= 0.3 is 0 Å². The number of nitrogens with zero attached hydrogens (tertiary/aromatic N) is 3. The molecule has 104 valence electrons. The molecule has 1 aromatic heterocycles. The molecular weight excluding hydrogens is 236 g/mol. The third-order valence-electron chi connectivity index (χ3n) is 5.65. The van der Waals surface area contributed by atoms with Crippen LogP contribution in [0, 0.1) is 17.8 Å². The summed E-state index contributed by atoms with van der Waals surface area (Å²) in [4.78, 5) is 4.88. The first-order valence-corrected chi connectivity index (χ1v) is 7.73. The summed E-state index contributed by atoms with van der Waals surface area (Å²) in [5.74, 6) is 5.13. The highest BCUT2D eigenvalue weighted by molar-refractivity contribution is 5.18. The molecule has 0 spiro atoms. The van der Waals surface area contributed by atoms with Crippen LogP contribution in [0.3, 0.4) is 0 Å². The number of hydrogen-bond acceptors (Lipinski definition) is 3. The van der Waals surface area contributed by atoms with Gasteiger partial charge in [-0.25, -0.2) is 4.98 Å². The van der Waals surface area contributed by atoms with Crippen molar-refractivity contribution in [3.05, 3.63) is 11.6 Å². The maximum Gasteiger partial charge on any atom is 0.164 e. The van der Waals surface area contributed by atoms with Gasteiger partial charge in [0.15, 0.2) is 5.82 Å². The van der Waals surface area contributed by atoms with Crippen LogP contribution < -0.4 is 5.32 Å². The summed E-state index contributed by atoms with van der Waals surface area (Å²) in [6, 6.07) is 0. The van der Waals surface area contributed by atoms with Crippen molar-refractivity contribution in [2.75, 3.05) is 7.05 Å². The van der Waals surface area contributed by atoms with E-state index in [1.165, 1.54) is 44.3 Å². The lowest BCUT2D eigenvalue weighted by Crippen LogP contribution is -2.49. The summed E-state index contributed by atoms with van der Waals surface area (Å²) in [5, 5.41) is 7.76. The van der Waals surface area contributed by atoms with Gasteiger partial charge in [-0.1, -0.05) is 0 Å². The fourth-order valence-electron chi connectivity index (χ4n) is 5.52. The predicted molar refractivity (Wildman–Crippen MR) is 73.6 cm³/mol.